The standard InChI is InChI=1S/C34H48O11/c1-10-11-23-17(2)27(40)24-14-15-32(8)25-12-13-26(39)41-16-34(25,18(3)42-19(4)35)31(45-22(7)38)28(43-20(5)36)29(32)33(24,9)30(23)44-21(6)37/h10,12-13,17-18,23-25,27-31,40H,1,11,14-16H2,2-9H3/t17-,18-,23-,24-,25?,27?,28-,29-,30+,31-,32-,33-,34?/m0/s1. The predicted octanol–water partition coefficient (Wildman–Crippen LogP) is 3.70. The van der Waals surface area contributed by atoms with Gasteiger partial charge in [0.15, 0.2) is 6.10 Å². The maximum absolute atomic E-state index is 13.0. The van der Waals surface area contributed by atoms with Gasteiger partial charge in [0.1, 0.15) is 24.9 Å². The summed E-state index contributed by atoms with van der Waals surface area (Å²) in [6.45, 7) is 16.3. The Bertz CT molecular complexity index is 1260. The highest BCUT2D eigenvalue weighted by Crippen LogP contribution is 2.71. The minimum atomic E-state index is -1.37. The van der Waals surface area contributed by atoms with Gasteiger partial charge < -0.3 is 28.8 Å². The van der Waals surface area contributed by atoms with Gasteiger partial charge in [-0.2, -0.15) is 0 Å². The molecule has 3 aliphatic carbocycles. The first kappa shape index (κ1) is 34.7. The lowest BCUT2D eigenvalue weighted by atomic mass is 9.35. The van der Waals surface area contributed by atoms with Crippen LogP contribution < -0.4 is 0 Å². The fourth-order valence-electron chi connectivity index (χ4n) is 10.1. The molecule has 0 aromatic heterocycles. The average Bonchev–Trinajstić information content (AvgIpc) is 3.10. The lowest BCUT2D eigenvalue weighted by molar-refractivity contribution is -0.315. The Labute approximate surface area is 265 Å². The Hall–Kier alpha value is -3.21. The number of hydrogen-bond acceptors (Lipinski definition) is 11. The second kappa shape index (κ2) is 12.5. The number of rotatable bonds is 7. The fourth-order valence-corrected chi connectivity index (χ4v) is 10.1. The van der Waals surface area contributed by atoms with Crippen molar-refractivity contribution in [3.8, 4) is 0 Å². The maximum atomic E-state index is 13.0. The Morgan fingerprint density at radius 3 is 2.20 bits per heavy atom. The molecule has 0 aromatic carbocycles. The van der Waals surface area contributed by atoms with Crippen LogP contribution in [0.2, 0.25) is 0 Å². The molecule has 4 aliphatic rings. The molecule has 1 aliphatic heterocycles. The molecule has 1 heterocycles. The van der Waals surface area contributed by atoms with Crippen LogP contribution in [0.1, 0.15) is 74.7 Å². The van der Waals surface area contributed by atoms with Gasteiger partial charge in [-0.25, -0.2) is 4.79 Å². The summed E-state index contributed by atoms with van der Waals surface area (Å²) in [5.41, 5.74) is -3.22. The van der Waals surface area contributed by atoms with Crippen molar-refractivity contribution in [3.63, 3.8) is 0 Å². The third kappa shape index (κ3) is 5.59. The number of fused-ring (bicyclic) bond motifs is 5. The Kier molecular flexibility index (Phi) is 9.65. The first-order chi connectivity index (χ1) is 21.0. The summed E-state index contributed by atoms with van der Waals surface area (Å²) in [7, 11) is 0. The molecule has 3 saturated carbocycles. The van der Waals surface area contributed by atoms with Crippen LogP contribution in [0.15, 0.2) is 24.8 Å². The van der Waals surface area contributed by atoms with Gasteiger partial charge in [-0.15, -0.1) is 6.58 Å². The van der Waals surface area contributed by atoms with Gasteiger partial charge in [-0.3, -0.25) is 19.2 Å². The summed E-state index contributed by atoms with van der Waals surface area (Å²) in [5.74, 6) is -5.26. The number of cyclic esters (lactones) is 1. The largest absolute Gasteiger partial charge is 0.462 e. The van der Waals surface area contributed by atoms with Crippen LogP contribution in [0, 0.1) is 45.8 Å². The third-order valence-electron chi connectivity index (χ3n) is 11.6. The number of aliphatic hydroxyl groups excluding tert-OH is 1. The zero-order valence-corrected chi connectivity index (χ0v) is 27.6. The van der Waals surface area contributed by atoms with Crippen molar-refractivity contribution in [2.24, 2.45) is 45.8 Å². The number of hydrogen-bond donors (Lipinski definition) is 1. The smallest absolute Gasteiger partial charge is 0.330 e. The fraction of sp³-hybridized carbons (Fsp3) is 0.735. The minimum Gasteiger partial charge on any atom is -0.462 e. The van der Waals surface area contributed by atoms with E-state index in [-0.39, 0.29) is 18.4 Å². The van der Waals surface area contributed by atoms with E-state index in [9.17, 15) is 29.1 Å². The second-order valence-electron chi connectivity index (χ2n) is 14.0. The minimum absolute atomic E-state index is 0.248. The molecule has 45 heavy (non-hydrogen) atoms. The SMILES string of the molecule is C=CC[C@H]1[C@H](C)C(O)[C@@H]2CC[C@@]3(C)C4C=CC(=O)OCC4([C@H](C)OC(C)=O)[C@@H](OC(C)=O)[C@@H](OC(C)=O)[C@@H]3[C@@]2(C)[C@@H]1OC(C)=O. The van der Waals surface area contributed by atoms with Gasteiger partial charge in [0, 0.05) is 51.0 Å². The molecule has 3 fully saturated rings. The predicted molar refractivity (Wildman–Crippen MR) is 160 cm³/mol. The molecule has 0 radical (unpaired) electrons. The van der Waals surface area contributed by atoms with Crippen molar-refractivity contribution < 1.29 is 52.8 Å². The van der Waals surface area contributed by atoms with Crippen molar-refractivity contribution in [1.82, 2.24) is 0 Å². The van der Waals surface area contributed by atoms with Crippen LogP contribution in [0.25, 0.3) is 0 Å². The number of carbonyl (C=O) groups is 5. The zero-order chi connectivity index (χ0) is 33.6. The monoisotopic (exact) mass is 632 g/mol. The van der Waals surface area contributed by atoms with Gasteiger partial charge in [0.2, 0.25) is 0 Å². The van der Waals surface area contributed by atoms with E-state index in [1.54, 1.807) is 19.1 Å². The lowest BCUT2D eigenvalue weighted by Crippen LogP contribution is -2.77. The number of carbonyl (C=O) groups excluding carboxylic acids is 5. The van der Waals surface area contributed by atoms with Crippen molar-refractivity contribution in [2.75, 3.05) is 6.61 Å². The number of aliphatic hydroxyl groups is 1. The summed E-state index contributed by atoms with van der Waals surface area (Å²) in [6, 6.07) is 0. The highest BCUT2D eigenvalue weighted by molar-refractivity contribution is 5.82. The van der Waals surface area contributed by atoms with Crippen LogP contribution >= 0.6 is 0 Å². The van der Waals surface area contributed by atoms with Crippen LogP contribution in [0.4, 0.5) is 0 Å². The second-order valence-corrected chi connectivity index (χ2v) is 14.0. The molecule has 13 atom stereocenters. The van der Waals surface area contributed by atoms with Crippen molar-refractivity contribution in [1.29, 1.82) is 0 Å². The van der Waals surface area contributed by atoms with Gasteiger partial charge >= 0.3 is 29.8 Å². The van der Waals surface area contributed by atoms with Gasteiger partial charge in [0.25, 0.3) is 0 Å². The Morgan fingerprint density at radius 1 is 1.04 bits per heavy atom. The molecule has 1 N–H and O–H groups in total. The first-order valence-electron chi connectivity index (χ1n) is 15.8. The van der Waals surface area contributed by atoms with Crippen molar-refractivity contribution in [2.45, 2.75) is 105 Å². The van der Waals surface area contributed by atoms with E-state index >= 15 is 0 Å². The molecular weight excluding hydrogens is 584 g/mol. The number of ether oxygens (including phenoxy) is 5. The van der Waals surface area contributed by atoms with E-state index in [1.807, 2.05) is 20.8 Å². The molecule has 11 heteroatoms. The van der Waals surface area contributed by atoms with Crippen molar-refractivity contribution >= 4 is 29.8 Å². The summed E-state index contributed by atoms with van der Waals surface area (Å²) >= 11 is 0. The highest BCUT2D eigenvalue weighted by Gasteiger charge is 2.76. The molecule has 4 rings (SSSR count). The molecule has 0 saturated heterocycles. The molecule has 0 aromatic rings. The van der Waals surface area contributed by atoms with Crippen LogP contribution in [0.5, 0.6) is 0 Å². The Morgan fingerprint density at radius 2 is 1.64 bits per heavy atom. The average molecular weight is 633 g/mol. The zero-order valence-electron chi connectivity index (χ0n) is 27.6. The van der Waals surface area contributed by atoms with E-state index in [0.29, 0.717) is 19.3 Å². The summed E-state index contributed by atoms with van der Waals surface area (Å²) in [4.78, 5) is 63.8. The first-order valence-corrected chi connectivity index (χ1v) is 15.8. The van der Waals surface area contributed by atoms with Gasteiger partial charge in [-0.1, -0.05) is 32.9 Å². The molecule has 0 amide bonds. The van der Waals surface area contributed by atoms with Crippen LogP contribution in [0.3, 0.4) is 0 Å². The van der Waals surface area contributed by atoms with Gasteiger partial charge in [0.05, 0.1) is 11.5 Å². The van der Waals surface area contributed by atoms with E-state index in [1.165, 1.54) is 33.8 Å². The van der Waals surface area contributed by atoms with Gasteiger partial charge in [-0.05, 0) is 49.4 Å². The summed E-state index contributed by atoms with van der Waals surface area (Å²) in [5, 5.41) is 11.9. The normalized spacial score (nSPS) is 42.7. The molecule has 0 bridgehead atoms. The molecular formula is C34H48O11. The lowest BCUT2D eigenvalue weighted by Gasteiger charge is -2.71. The van der Waals surface area contributed by atoms with E-state index in [2.05, 4.69) is 6.58 Å². The maximum Gasteiger partial charge on any atom is 0.330 e. The van der Waals surface area contributed by atoms with E-state index in [4.69, 9.17) is 23.7 Å². The highest BCUT2D eigenvalue weighted by atomic mass is 16.6. The quantitative estimate of drug-likeness (QED) is 0.248. The summed E-state index contributed by atoms with van der Waals surface area (Å²) in [6.07, 6.45) is 1.39. The Balaban J connectivity index is 2.10. The van der Waals surface area contributed by atoms with Crippen LogP contribution in [-0.4, -0.2) is 72.1 Å². The molecule has 250 valence electrons. The molecule has 3 unspecified atom stereocenters. The topological polar surface area (TPSA) is 152 Å². The number of esters is 5. The number of allylic oxidation sites excluding steroid dienone is 2. The molecule has 11 nitrogen and oxygen atoms in total. The van der Waals surface area contributed by atoms with E-state index < -0.39 is 94.4 Å². The summed E-state index contributed by atoms with van der Waals surface area (Å²) < 4.78 is 30.0. The molecule has 0 spiro atoms. The van der Waals surface area contributed by atoms with Crippen LogP contribution in [-0.2, 0) is 47.7 Å². The third-order valence-corrected chi connectivity index (χ3v) is 11.6. The van der Waals surface area contributed by atoms with E-state index in [0.717, 1.165) is 0 Å². The van der Waals surface area contributed by atoms with Crippen molar-refractivity contribution in [3.05, 3.63) is 24.8 Å².